The smallest absolute Gasteiger partial charge is 0.242 e. The Morgan fingerprint density at radius 2 is 2.00 bits per heavy atom. The molecule has 0 bridgehead atoms. The van der Waals surface area contributed by atoms with E-state index in [1.54, 1.807) is 0 Å². The van der Waals surface area contributed by atoms with E-state index in [1.165, 1.54) is 39.1 Å². The first kappa shape index (κ1) is 16.1. The van der Waals surface area contributed by atoms with Crippen molar-refractivity contribution >= 4 is 26.0 Å². The summed E-state index contributed by atoms with van der Waals surface area (Å²) in [5, 5.41) is 18.5. The van der Waals surface area contributed by atoms with Crippen molar-refractivity contribution in [2.45, 2.75) is 24.3 Å². The van der Waals surface area contributed by atoms with E-state index in [1.807, 2.05) is 6.07 Å². The molecule has 1 rings (SSSR count). The fourth-order valence-electron chi connectivity index (χ4n) is 1.59. The molecule has 5 nitrogen and oxygen atoms in total. The molecule has 1 N–H and O–H groups in total. The van der Waals surface area contributed by atoms with E-state index in [0.29, 0.717) is 4.47 Å². The quantitative estimate of drug-likeness (QED) is 0.899. The zero-order valence-electron chi connectivity index (χ0n) is 10.9. The van der Waals surface area contributed by atoms with Crippen LogP contribution in [0.15, 0.2) is 27.6 Å². The lowest BCUT2D eigenvalue weighted by Crippen LogP contribution is -2.39. The summed E-state index contributed by atoms with van der Waals surface area (Å²) >= 11 is 3.17. The fourth-order valence-corrected chi connectivity index (χ4v) is 3.63. The lowest BCUT2D eigenvalue weighted by atomic mass is 10.1. The second kappa shape index (κ2) is 5.59. The van der Waals surface area contributed by atoms with E-state index in [9.17, 15) is 13.5 Å². The van der Waals surface area contributed by atoms with Crippen LogP contribution >= 0.6 is 15.9 Å². The first-order valence-electron chi connectivity index (χ1n) is 5.46. The van der Waals surface area contributed by atoms with Crippen molar-refractivity contribution in [3.8, 4) is 6.07 Å². The van der Waals surface area contributed by atoms with Crippen LogP contribution in [0.5, 0.6) is 0 Å². The maximum absolute atomic E-state index is 12.3. The molecule has 0 aromatic heterocycles. The van der Waals surface area contributed by atoms with Gasteiger partial charge in [-0.05, 0) is 32.0 Å². The van der Waals surface area contributed by atoms with Gasteiger partial charge in [0, 0.05) is 18.1 Å². The second-order valence-corrected chi connectivity index (χ2v) is 7.82. The Hall–Kier alpha value is -0.940. The zero-order chi connectivity index (χ0) is 14.8. The molecule has 1 aromatic carbocycles. The Bertz CT molecular complexity index is 615. The minimum absolute atomic E-state index is 0.0187. The largest absolute Gasteiger partial charge is 0.389 e. The van der Waals surface area contributed by atoms with Crippen molar-refractivity contribution in [3.63, 3.8) is 0 Å². The predicted octanol–water partition coefficient (Wildman–Crippen LogP) is 1.71. The first-order chi connectivity index (χ1) is 8.56. The van der Waals surface area contributed by atoms with E-state index in [4.69, 9.17) is 5.26 Å². The van der Waals surface area contributed by atoms with E-state index in [2.05, 4.69) is 15.9 Å². The average molecular weight is 347 g/mol. The highest BCUT2D eigenvalue weighted by Crippen LogP contribution is 2.22. The Balaban J connectivity index is 3.21. The number of nitriles is 1. The number of hydrogen-bond acceptors (Lipinski definition) is 4. The number of aliphatic hydroxyl groups is 1. The SMILES string of the molecule is CN(CC(C)(C)O)S(=O)(=O)c1cc(Br)cc(C#N)c1. The van der Waals surface area contributed by atoms with Gasteiger partial charge in [0.15, 0.2) is 0 Å². The molecule has 104 valence electrons. The second-order valence-electron chi connectivity index (χ2n) is 4.86. The molecule has 0 heterocycles. The average Bonchev–Trinajstić information content (AvgIpc) is 2.25. The van der Waals surface area contributed by atoms with Gasteiger partial charge in [-0.2, -0.15) is 9.57 Å². The highest BCUT2D eigenvalue weighted by molar-refractivity contribution is 9.10. The van der Waals surface area contributed by atoms with Gasteiger partial charge in [0.1, 0.15) is 0 Å². The summed E-state index contributed by atoms with van der Waals surface area (Å²) < 4.78 is 26.2. The van der Waals surface area contributed by atoms with Gasteiger partial charge in [-0.15, -0.1) is 0 Å². The van der Waals surface area contributed by atoms with Crippen molar-refractivity contribution in [1.82, 2.24) is 4.31 Å². The van der Waals surface area contributed by atoms with Crippen molar-refractivity contribution in [3.05, 3.63) is 28.2 Å². The standard InChI is InChI=1S/C12H15BrN2O3S/c1-12(2,16)8-15(3)19(17,18)11-5-9(7-14)4-10(13)6-11/h4-6,16H,8H2,1-3H3. The third-order valence-electron chi connectivity index (χ3n) is 2.32. The van der Waals surface area contributed by atoms with E-state index >= 15 is 0 Å². The van der Waals surface area contributed by atoms with Gasteiger partial charge in [-0.25, -0.2) is 8.42 Å². The van der Waals surface area contributed by atoms with Crippen LogP contribution in [0, 0.1) is 11.3 Å². The van der Waals surface area contributed by atoms with Gasteiger partial charge in [0.25, 0.3) is 0 Å². The Morgan fingerprint density at radius 1 is 1.42 bits per heavy atom. The van der Waals surface area contributed by atoms with Crippen molar-refractivity contribution in [1.29, 1.82) is 5.26 Å². The highest BCUT2D eigenvalue weighted by Gasteiger charge is 2.26. The van der Waals surface area contributed by atoms with E-state index in [0.717, 1.165) is 4.31 Å². The minimum Gasteiger partial charge on any atom is -0.389 e. The van der Waals surface area contributed by atoms with Crippen LogP contribution in [0.2, 0.25) is 0 Å². The normalized spacial score (nSPS) is 12.5. The third-order valence-corrected chi connectivity index (χ3v) is 4.56. The lowest BCUT2D eigenvalue weighted by Gasteiger charge is -2.25. The number of hydrogen-bond donors (Lipinski definition) is 1. The molecule has 19 heavy (non-hydrogen) atoms. The number of benzene rings is 1. The fraction of sp³-hybridized carbons (Fsp3) is 0.417. The molecule has 0 aliphatic rings. The first-order valence-corrected chi connectivity index (χ1v) is 7.69. The Labute approximate surface area is 121 Å². The van der Waals surface area contributed by atoms with Crippen molar-refractivity contribution in [2.24, 2.45) is 0 Å². The molecule has 0 saturated carbocycles. The van der Waals surface area contributed by atoms with Gasteiger partial charge in [-0.1, -0.05) is 15.9 Å². The maximum atomic E-state index is 12.3. The molecule has 0 amide bonds. The monoisotopic (exact) mass is 346 g/mol. The zero-order valence-corrected chi connectivity index (χ0v) is 13.3. The summed E-state index contributed by atoms with van der Waals surface area (Å²) in [6.07, 6.45) is 0. The number of sulfonamides is 1. The highest BCUT2D eigenvalue weighted by atomic mass is 79.9. The summed E-state index contributed by atoms with van der Waals surface area (Å²) in [4.78, 5) is 0.0187. The molecular formula is C12H15BrN2O3S. The molecule has 0 radical (unpaired) electrons. The van der Waals surface area contributed by atoms with Gasteiger partial charge in [0.05, 0.1) is 22.1 Å². The van der Waals surface area contributed by atoms with E-state index < -0.39 is 15.6 Å². The molecule has 0 unspecified atom stereocenters. The van der Waals surface area contributed by atoms with Crippen LogP contribution < -0.4 is 0 Å². The lowest BCUT2D eigenvalue weighted by molar-refractivity contribution is 0.0640. The predicted molar refractivity (Wildman–Crippen MR) is 75.0 cm³/mol. The summed E-state index contributed by atoms with van der Waals surface area (Å²) in [6.45, 7) is 3.02. The van der Waals surface area contributed by atoms with Gasteiger partial charge >= 0.3 is 0 Å². The molecule has 0 aliphatic heterocycles. The summed E-state index contributed by atoms with van der Waals surface area (Å²) in [5.74, 6) is 0. The summed E-state index contributed by atoms with van der Waals surface area (Å²) in [5.41, 5.74) is -0.879. The molecular weight excluding hydrogens is 332 g/mol. The molecule has 0 spiro atoms. The van der Waals surface area contributed by atoms with Gasteiger partial charge in [0.2, 0.25) is 10.0 Å². The Morgan fingerprint density at radius 3 is 2.47 bits per heavy atom. The van der Waals surface area contributed by atoms with E-state index in [-0.39, 0.29) is 17.0 Å². The molecule has 0 fully saturated rings. The van der Waals surface area contributed by atoms with Crippen LogP contribution in [0.1, 0.15) is 19.4 Å². The molecule has 7 heteroatoms. The number of likely N-dealkylation sites (N-methyl/N-ethyl adjacent to an activating group) is 1. The third kappa shape index (κ3) is 4.28. The van der Waals surface area contributed by atoms with Crippen LogP contribution in [0.3, 0.4) is 0 Å². The topological polar surface area (TPSA) is 81.4 Å². The molecule has 1 aromatic rings. The van der Waals surface area contributed by atoms with Gasteiger partial charge < -0.3 is 5.11 Å². The van der Waals surface area contributed by atoms with Gasteiger partial charge in [-0.3, -0.25) is 0 Å². The minimum atomic E-state index is -3.74. The number of halogens is 1. The van der Waals surface area contributed by atoms with Crippen molar-refractivity contribution < 1.29 is 13.5 Å². The molecule has 0 aliphatic carbocycles. The summed E-state index contributed by atoms with van der Waals surface area (Å²) in [7, 11) is -2.35. The van der Waals surface area contributed by atoms with Crippen LogP contribution in [0.25, 0.3) is 0 Å². The maximum Gasteiger partial charge on any atom is 0.242 e. The van der Waals surface area contributed by atoms with Crippen LogP contribution in [-0.4, -0.2) is 37.0 Å². The number of nitrogens with zero attached hydrogens (tertiary/aromatic N) is 2. The van der Waals surface area contributed by atoms with Crippen LogP contribution in [0.4, 0.5) is 0 Å². The molecule has 0 saturated heterocycles. The summed E-state index contributed by atoms with van der Waals surface area (Å²) in [6, 6.07) is 6.18. The van der Waals surface area contributed by atoms with Crippen molar-refractivity contribution in [2.75, 3.05) is 13.6 Å². The van der Waals surface area contributed by atoms with Crippen LogP contribution in [-0.2, 0) is 10.0 Å². The Kier molecular flexibility index (Phi) is 4.74. The molecule has 0 atom stereocenters. The number of rotatable bonds is 4.